The molecule has 0 aliphatic heterocycles. The third-order valence-corrected chi connectivity index (χ3v) is 3.41. The van der Waals surface area contributed by atoms with Crippen LogP contribution in [0.1, 0.15) is 57.7 Å². The average Bonchev–Trinajstić information content (AvgIpc) is 2.87. The number of aryl methyl sites for hydroxylation is 1. The van der Waals surface area contributed by atoms with Crippen molar-refractivity contribution in [2.45, 2.75) is 58.0 Å². The van der Waals surface area contributed by atoms with Gasteiger partial charge >= 0.3 is 0 Å². The first kappa shape index (κ1) is 15.1. The molecular formula is C13H25N3O2. The molecule has 1 aromatic heterocycles. The first-order chi connectivity index (χ1) is 8.66. The fraction of sp³-hybridized carbons (Fsp3) is 0.846. The molecule has 0 aromatic carbocycles. The van der Waals surface area contributed by atoms with E-state index in [9.17, 15) is 0 Å². The Morgan fingerprint density at radius 1 is 1.28 bits per heavy atom. The van der Waals surface area contributed by atoms with Crippen molar-refractivity contribution in [1.82, 2.24) is 10.1 Å². The number of hydrogen-bond acceptors (Lipinski definition) is 5. The Bertz CT molecular complexity index is 335. The van der Waals surface area contributed by atoms with E-state index in [4.69, 9.17) is 15.0 Å². The zero-order valence-corrected chi connectivity index (χ0v) is 11.7. The van der Waals surface area contributed by atoms with Crippen LogP contribution >= 0.6 is 0 Å². The van der Waals surface area contributed by atoms with Gasteiger partial charge in [0.05, 0.1) is 0 Å². The van der Waals surface area contributed by atoms with Crippen molar-refractivity contribution in [2.24, 2.45) is 5.73 Å². The minimum absolute atomic E-state index is 0.443. The van der Waals surface area contributed by atoms with Crippen LogP contribution in [-0.4, -0.2) is 23.8 Å². The van der Waals surface area contributed by atoms with Crippen LogP contribution in [0.4, 0.5) is 0 Å². The van der Waals surface area contributed by atoms with Gasteiger partial charge in [-0.25, -0.2) is 0 Å². The largest absolute Gasteiger partial charge is 0.370 e. The molecule has 0 amide bonds. The normalized spacial score (nSPS) is 14.7. The van der Waals surface area contributed by atoms with Gasteiger partial charge in [-0.05, 0) is 32.7 Å². The molecule has 0 bridgehead atoms. The number of aromatic nitrogens is 2. The summed E-state index contributed by atoms with van der Waals surface area (Å²) in [6.07, 6.45) is 6.14. The lowest BCUT2D eigenvalue weighted by Crippen LogP contribution is -2.24. The maximum absolute atomic E-state index is 5.45. The topological polar surface area (TPSA) is 74.2 Å². The van der Waals surface area contributed by atoms with Crippen LogP contribution in [0.3, 0.4) is 0 Å². The van der Waals surface area contributed by atoms with Crippen molar-refractivity contribution in [3.8, 4) is 0 Å². The monoisotopic (exact) mass is 255 g/mol. The van der Waals surface area contributed by atoms with Gasteiger partial charge in [0.15, 0.2) is 0 Å². The Hall–Kier alpha value is -0.940. The molecule has 0 saturated heterocycles. The van der Waals surface area contributed by atoms with Gasteiger partial charge in [0.25, 0.3) is 0 Å². The molecule has 0 radical (unpaired) electrons. The van der Waals surface area contributed by atoms with Crippen LogP contribution in [0.25, 0.3) is 0 Å². The first-order valence-electron chi connectivity index (χ1n) is 6.74. The summed E-state index contributed by atoms with van der Waals surface area (Å²) in [5.41, 5.74) is 5.01. The SMILES string of the molecule is CCC(C)(OC)c1noc(CCCCCCN)n1. The van der Waals surface area contributed by atoms with E-state index in [0.717, 1.165) is 38.6 Å². The molecule has 1 atom stereocenters. The zero-order valence-electron chi connectivity index (χ0n) is 11.7. The predicted molar refractivity (Wildman–Crippen MR) is 70.2 cm³/mol. The Labute approximate surface area is 109 Å². The Kier molecular flexibility index (Phi) is 6.29. The molecule has 18 heavy (non-hydrogen) atoms. The Balaban J connectivity index is 2.43. The van der Waals surface area contributed by atoms with Gasteiger partial charge in [0.2, 0.25) is 11.7 Å². The molecule has 0 saturated carbocycles. The van der Waals surface area contributed by atoms with Gasteiger partial charge in [0, 0.05) is 13.5 Å². The summed E-state index contributed by atoms with van der Waals surface area (Å²) in [6.45, 7) is 4.79. The molecule has 1 aromatic rings. The highest BCUT2D eigenvalue weighted by atomic mass is 16.5. The first-order valence-corrected chi connectivity index (χ1v) is 6.74. The maximum atomic E-state index is 5.45. The van der Waals surface area contributed by atoms with Crippen molar-refractivity contribution >= 4 is 0 Å². The lowest BCUT2D eigenvalue weighted by atomic mass is 10.0. The summed E-state index contributed by atoms with van der Waals surface area (Å²) in [7, 11) is 1.67. The molecule has 1 unspecified atom stereocenters. The molecule has 5 nitrogen and oxygen atoms in total. The molecule has 1 heterocycles. The van der Waals surface area contributed by atoms with Crippen molar-refractivity contribution in [1.29, 1.82) is 0 Å². The number of methoxy groups -OCH3 is 1. The zero-order chi connectivity index (χ0) is 13.4. The molecule has 0 aliphatic rings. The molecule has 0 aliphatic carbocycles. The molecule has 1 rings (SSSR count). The summed E-state index contributed by atoms with van der Waals surface area (Å²) in [4.78, 5) is 4.41. The second kappa shape index (κ2) is 7.48. The standard InChI is InChI=1S/C13H25N3O2/c1-4-13(2,17-3)12-15-11(18-16-12)9-7-5-6-8-10-14/h4-10,14H2,1-3H3. The van der Waals surface area contributed by atoms with Crippen LogP contribution in [0.2, 0.25) is 0 Å². The molecule has 0 spiro atoms. The van der Waals surface area contributed by atoms with Gasteiger partial charge in [-0.15, -0.1) is 0 Å². The fourth-order valence-corrected chi connectivity index (χ4v) is 1.74. The second-order valence-electron chi connectivity index (χ2n) is 4.75. The second-order valence-corrected chi connectivity index (χ2v) is 4.75. The predicted octanol–water partition coefficient (Wildman–Crippen LogP) is 2.40. The highest BCUT2D eigenvalue weighted by Gasteiger charge is 2.29. The van der Waals surface area contributed by atoms with E-state index >= 15 is 0 Å². The molecule has 2 N–H and O–H groups in total. The Morgan fingerprint density at radius 3 is 2.61 bits per heavy atom. The minimum Gasteiger partial charge on any atom is -0.370 e. The summed E-state index contributed by atoms with van der Waals surface area (Å²) in [5.74, 6) is 1.35. The van der Waals surface area contributed by atoms with Gasteiger partial charge in [-0.1, -0.05) is 24.9 Å². The van der Waals surface area contributed by atoms with E-state index in [1.165, 1.54) is 6.42 Å². The van der Waals surface area contributed by atoms with Crippen molar-refractivity contribution in [3.63, 3.8) is 0 Å². The van der Waals surface area contributed by atoms with E-state index in [0.29, 0.717) is 11.7 Å². The summed E-state index contributed by atoms with van der Waals surface area (Å²) in [5, 5.41) is 4.01. The summed E-state index contributed by atoms with van der Waals surface area (Å²) >= 11 is 0. The lowest BCUT2D eigenvalue weighted by molar-refractivity contribution is -0.0106. The highest BCUT2D eigenvalue weighted by molar-refractivity contribution is 4.99. The Morgan fingerprint density at radius 2 is 2.00 bits per heavy atom. The molecule has 5 heteroatoms. The van der Waals surface area contributed by atoms with Crippen molar-refractivity contribution in [2.75, 3.05) is 13.7 Å². The average molecular weight is 255 g/mol. The van der Waals surface area contributed by atoms with E-state index in [1.54, 1.807) is 7.11 Å². The van der Waals surface area contributed by atoms with Crippen LogP contribution in [0.5, 0.6) is 0 Å². The van der Waals surface area contributed by atoms with E-state index in [2.05, 4.69) is 10.1 Å². The van der Waals surface area contributed by atoms with Crippen LogP contribution in [-0.2, 0) is 16.8 Å². The third-order valence-electron chi connectivity index (χ3n) is 3.41. The minimum atomic E-state index is -0.443. The van der Waals surface area contributed by atoms with Crippen LogP contribution < -0.4 is 5.73 Å². The smallest absolute Gasteiger partial charge is 0.226 e. The van der Waals surface area contributed by atoms with Crippen LogP contribution in [0.15, 0.2) is 4.52 Å². The third kappa shape index (κ3) is 4.07. The number of ether oxygens (including phenoxy) is 1. The number of unbranched alkanes of at least 4 members (excludes halogenated alkanes) is 3. The fourth-order valence-electron chi connectivity index (χ4n) is 1.74. The maximum Gasteiger partial charge on any atom is 0.226 e. The highest BCUT2D eigenvalue weighted by Crippen LogP contribution is 2.25. The summed E-state index contributed by atoms with van der Waals surface area (Å²) < 4.78 is 10.7. The van der Waals surface area contributed by atoms with E-state index in [1.807, 2.05) is 13.8 Å². The van der Waals surface area contributed by atoms with E-state index in [-0.39, 0.29) is 0 Å². The number of hydrogen-bond donors (Lipinski definition) is 1. The van der Waals surface area contributed by atoms with Gasteiger partial charge in [-0.2, -0.15) is 4.98 Å². The number of nitrogens with two attached hydrogens (primary N) is 1. The summed E-state index contributed by atoms with van der Waals surface area (Å²) in [6, 6.07) is 0. The lowest BCUT2D eigenvalue weighted by Gasteiger charge is -2.21. The number of rotatable bonds is 9. The van der Waals surface area contributed by atoms with Gasteiger partial charge < -0.3 is 15.0 Å². The quantitative estimate of drug-likeness (QED) is 0.686. The molecular weight excluding hydrogens is 230 g/mol. The van der Waals surface area contributed by atoms with Crippen molar-refractivity contribution in [3.05, 3.63) is 11.7 Å². The molecule has 104 valence electrons. The number of nitrogens with zero attached hydrogens (tertiary/aromatic N) is 2. The van der Waals surface area contributed by atoms with E-state index < -0.39 is 5.60 Å². The van der Waals surface area contributed by atoms with Crippen molar-refractivity contribution < 1.29 is 9.26 Å². The van der Waals surface area contributed by atoms with Gasteiger partial charge in [-0.3, -0.25) is 0 Å². The van der Waals surface area contributed by atoms with Gasteiger partial charge in [0.1, 0.15) is 5.60 Å². The van der Waals surface area contributed by atoms with Crippen LogP contribution in [0, 0.1) is 0 Å². The molecule has 0 fully saturated rings.